The highest BCUT2D eigenvalue weighted by atomic mass is 16.5. The first-order valence-electron chi connectivity index (χ1n) is 9.65. The number of nitrogens with zero attached hydrogens (tertiary/aromatic N) is 2. The maximum Gasteiger partial charge on any atom is 0.226 e. The topological polar surface area (TPSA) is 72.0 Å². The molecule has 0 aliphatic rings. The Kier molecular flexibility index (Phi) is 6.71. The molecule has 3 rings (SSSR count). The lowest BCUT2D eigenvalue weighted by atomic mass is 9.97. The second-order valence-electron chi connectivity index (χ2n) is 6.92. The molecule has 0 saturated heterocycles. The van der Waals surface area contributed by atoms with Gasteiger partial charge in [-0.1, -0.05) is 19.1 Å². The number of hydrogen-bond donors (Lipinski definition) is 1. The normalized spacial score (nSPS) is 12.1. The van der Waals surface area contributed by atoms with Crippen LogP contribution in [-0.4, -0.2) is 29.4 Å². The molecule has 3 aromatic rings. The van der Waals surface area contributed by atoms with E-state index in [2.05, 4.69) is 29.0 Å². The highest BCUT2D eigenvalue weighted by molar-refractivity contribution is 5.84. The number of aryl methyl sites for hydroxylation is 2. The molecule has 5 heteroatoms. The SMILES string of the molecule is CCC(COC)C(=N)CCc1nc(-c2ccc(-c3ccncc3)cc2)oc1C. The molecule has 0 spiro atoms. The standard InChI is InChI=1S/C23H27N3O2/c1-4-17(15-27-3)21(24)9-10-22-16(2)28-23(26-22)20-7-5-18(6-8-20)19-11-13-25-14-12-19/h5-8,11-14,17,24H,4,9-10,15H2,1-3H3. The number of hydrogen-bond acceptors (Lipinski definition) is 5. The molecule has 1 atom stereocenters. The quantitative estimate of drug-likeness (QED) is 0.511. The van der Waals surface area contributed by atoms with Gasteiger partial charge in [0, 0.05) is 36.7 Å². The molecule has 0 saturated carbocycles. The predicted octanol–water partition coefficient (Wildman–Crippen LogP) is 5.34. The van der Waals surface area contributed by atoms with Gasteiger partial charge in [-0.15, -0.1) is 0 Å². The Morgan fingerprint density at radius 2 is 1.71 bits per heavy atom. The van der Waals surface area contributed by atoms with Gasteiger partial charge in [0.1, 0.15) is 5.76 Å². The molecular formula is C23H27N3O2. The summed E-state index contributed by atoms with van der Waals surface area (Å²) in [6, 6.07) is 12.2. The van der Waals surface area contributed by atoms with Crippen LogP contribution < -0.4 is 0 Å². The van der Waals surface area contributed by atoms with Crippen molar-refractivity contribution >= 4 is 5.71 Å². The van der Waals surface area contributed by atoms with E-state index in [0.717, 1.165) is 40.3 Å². The van der Waals surface area contributed by atoms with Gasteiger partial charge in [-0.2, -0.15) is 0 Å². The van der Waals surface area contributed by atoms with Crippen LogP contribution in [0, 0.1) is 18.3 Å². The van der Waals surface area contributed by atoms with E-state index < -0.39 is 0 Å². The van der Waals surface area contributed by atoms with Gasteiger partial charge < -0.3 is 14.6 Å². The van der Waals surface area contributed by atoms with E-state index in [1.165, 1.54) is 0 Å². The molecule has 28 heavy (non-hydrogen) atoms. The van der Waals surface area contributed by atoms with Crippen LogP contribution in [0.4, 0.5) is 0 Å². The molecular weight excluding hydrogens is 350 g/mol. The first-order valence-corrected chi connectivity index (χ1v) is 9.65. The summed E-state index contributed by atoms with van der Waals surface area (Å²) < 4.78 is 11.1. The van der Waals surface area contributed by atoms with E-state index >= 15 is 0 Å². The number of aromatic nitrogens is 2. The minimum atomic E-state index is 0.178. The molecule has 1 N–H and O–H groups in total. The van der Waals surface area contributed by atoms with Crippen LogP contribution in [0.1, 0.15) is 31.2 Å². The van der Waals surface area contributed by atoms with Crippen molar-refractivity contribution in [3.8, 4) is 22.6 Å². The van der Waals surface area contributed by atoms with Gasteiger partial charge in [-0.25, -0.2) is 4.98 Å². The number of nitrogens with one attached hydrogen (secondary N) is 1. The number of oxazole rings is 1. The van der Waals surface area contributed by atoms with Crippen molar-refractivity contribution in [2.45, 2.75) is 33.1 Å². The summed E-state index contributed by atoms with van der Waals surface area (Å²) in [6.07, 6.45) is 5.89. The molecule has 0 aliphatic carbocycles. The van der Waals surface area contributed by atoms with Crippen LogP contribution in [0.15, 0.2) is 53.2 Å². The molecule has 2 heterocycles. The summed E-state index contributed by atoms with van der Waals surface area (Å²) in [5.74, 6) is 1.63. The lowest BCUT2D eigenvalue weighted by Crippen LogP contribution is -2.18. The Balaban J connectivity index is 1.69. The summed E-state index contributed by atoms with van der Waals surface area (Å²) in [6.45, 7) is 4.63. The number of ether oxygens (including phenoxy) is 1. The van der Waals surface area contributed by atoms with E-state index in [4.69, 9.17) is 14.6 Å². The summed E-state index contributed by atoms with van der Waals surface area (Å²) >= 11 is 0. The Labute approximate surface area is 166 Å². The van der Waals surface area contributed by atoms with Gasteiger partial charge in [0.2, 0.25) is 5.89 Å². The molecule has 0 amide bonds. The van der Waals surface area contributed by atoms with Gasteiger partial charge in [0.05, 0.1) is 12.3 Å². The smallest absolute Gasteiger partial charge is 0.226 e. The summed E-state index contributed by atoms with van der Waals surface area (Å²) in [7, 11) is 1.68. The minimum absolute atomic E-state index is 0.178. The summed E-state index contributed by atoms with van der Waals surface area (Å²) in [4.78, 5) is 8.74. The van der Waals surface area contributed by atoms with Gasteiger partial charge in [-0.05, 0) is 61.6 Å². The predicted molar refractivity (Wildman–Crippen MR) is 112 cm³/mol. The lowest BCUT2D eigenvalue weighted by Gasteiger charge is -2.14. The molecule has 0 aliphatic heterocycles. The molecule has 0 fully saturated rings. The van der Waals surface area contributed by atoms with E-state index in [-0.39, 0.29) is 5.92 Å². The zero-order chi connectivity index (χ0) is 19.9. The fourth-order valence-corrected chi connectivity index (χ4v) is 3.26. The molecule has 1 aromatic carbocycles. The highest BCUT2D eigenvalue weighted by Crippen LogP contribution is 2.26. The maximum atomic E-state index is 8.30. The van der Waals surface area contributed by atoms with Crippen LogP contribution >= 0.6 is 0 Å². The largest absolute Gasteiger partial charge is 0.441 e. The third kappa shape index (κ3) is 4.73. The zero-order valence-corrected chi connectivity index (χ0v) is 16.7. The summed E-state index contributed by atoms with van der Waals surface area (Å²) in [5.41, 5.74) is 4.85. The van der Waals surface area contributed by atoms with E-state index in [0.29, 0.717) is 25.3 Å². The number of pyridine rings is 1. The van der Waals surface area contributed by atoms with Crippen LogP contribution in [0.2, 0.25) is 0 Å². The van der Waals surface area contributed by atoms with Crippen molar-refractivity contribution in [1.29, 1.82) is 5.41 Å². The van der Waals surface area contributed by atoms with Crippen molar-refractivity contribution in [2.75, 3.05) is 13.7 Å². The fraction of sp³-hybridized carbons (Fsp3) is 0.348. The molecule has 1 unspecified atom stereocenters. The highest BCUT2D eigenvalue weighted by Gasteiger charge is 2.16. The molecule has 2 aromatic heterocycles. The average Bonchev–Trinajstić information content (AvgIpc) is 3.11. The van der Waals surface area contributed by atoms with Crippen molar-refractivity contribution in [1.82, 2.24) is 9.97 Å². The fourth-order valence-electron chi connectivity index (χ4n) is 3.26. The first kappa shape index (κ1) is 20.0. The second-order valence-corrected chi connectivity index (χ2v) is 6.92. The van der Waals surface area contributed by atoms with E-state index in [9.17, 15) is 0 Å². The van der Waals surface area contributed by atoms with Crippen LogP contribution in [0.25, 0.3) is 22.6 Å². The Morgan fingerprint density at radius 3 is 2.36 bits per heavy atom. The average molecular weight is 377 g/mol. The maximum absolute atomic E-state index is 8.30. The van der Waals surface area contributed by atoms with Crippen molar-refractivity contribution in [2.24, 2.45) is 5.92 Å². The monoisotopic (exact) mass is 377 g/mol. The van der Waals surface area contributed by atoms with Crippen molar-refractivity contribution in [3.05, 3.63) is 60.2 Å². The molecule has 0 bridgehead atoms. The van der Waals surface area contributed by atoms with Gasteiger partial charge in [0.25, 0.3) is 0 Å². The third-order valence-corrected chi connectivity index (χ3v) is 5.02. The molecule has 146 valence electrons. The van der Waals surface area contributed by atoms with Crippen LogP contribution in [0.5, 0.6) is 0 Å². The summed E-state index contributed by atoms with van der Waals surface area (Å²) in [5, 5.41) is 8.30. The number of rotatable bonds is 9. The number of benzene rings is 1. The van der Waals surface area contributed by atoms with Gasteiger partial charge >= 0.3 is 0 Å². The Hall–Kier alpha value is -2.79. The minimum Gasteiger partial charge on any atom is -0.441 e. The van der Waals surface area contributed by atoms with Gasteiger partial charge in [0.15, 0.2) is 0 Å². The molecule has 0 radical (unpaired) electrons. The second kappa shape index (κ2) is 9.42. The zero-order valence-electron chi connectivity index (χ0n) is 16.7. The van der Waals surface area contributed by atoms with Gasteiger partial charge in [-0.3, -0.25) is 4.98 Å². The van der Waals surface area contributed by atoms with Crippen LogP contribution in [0.3, 0.4) is 0 Å². The van der Waals surface area contributed by atoms with Crippen molar-refractivity contribution < 1.29 is 9.15 Å². The van der Waals surface area contributed by atoms with Crippen LogP contribution in [-0.2, 0) is 11.2 Å². The lowest BCUT2D eigenvalue weighted by molar-refractivity contribution is 0.173. The first-order chi connectivity index (χ1) is 13.6. The third-order valence-electron chi connectivity index (χ3n) is 5.02. The Morgan fingerprint density at radius 1 is 1.07 bits per heavy atom. The molecule has 5 nitrogen and oxygen atoms in total. The Bertz CT molecular complexity index is 901. The van der Waals surface area contributed by atoms with E-state index in [1.807, 2.05) is 31.2 Å². The number of methoxy groups -OCH3 is 1. The van der Waals surface area contributed by atoms with Crippen molar-refractivity contribution in [3.63, 3.8) is 0 Å². The van der Waals surface area contributed by atoms with E-state index in [1.54, 1.807) is 19.5 Å².